The molecule has 0 aromatic carbocycles. The molecule has 0 aliphatic rings. The standard InChI is InChI=1S/C6H6N2S2.H3N/c9-6(10)8-5-3-1-2-4-7-5;/h1-4H,(H2,7,8,9,10);1H3. The quantitative estimate of drug-likeness (QED) is 0.519. The number of hydrogen-bond acceptors (Lipinski definition) is 3. The molecule has 0 aliphatic heterocycles. The molecule has 1 aromatic rings. The van der Waals surface area contributed by atoms with E-state index < -0.39 is 0 Å². The second-order valence-electron chi connectivity index (χ2n) is 1.63. The van der Waals surface area contributed by atoms with Crippen molar-refractivity contribution < 1.29 is 0 Å². The fourth-order valence-corrected chi connectivity index (χ4v) is 0.750. The lowest BCUT2D eigenvalue weighted by atomic mass is 10.5. The van der Waals surface area contributed by atoms with E-state index in [1.807, 2.05) is 12.1 Å². The summed E-state index contributed by atoms with van der Waals surface area (Å²) in [7, 11) is 0. The van der Waals surface area contributed by atoms with E-state index in [2.05, 4.69) is 35.1 Å². The Kier molecular flexibility index (Phi) is 4.60. The van der Waals surface area contributed by atoms with Crippen molar-refractivity contribution in [2.45, 2.75) is 0 Å². The highest BCUT2D eigenvalue weighted by molar-refractivity contribution is 8.00. The van der Waals surface area contributed by atoms with E-state index >= 15 is 0 Å². The molecule has 0 saturated heterocycles. The van der Waals surface area contributed by atoms with Gasteiger partial charge in [0.05, 0.1) is 0 Å². The molecule has 0 saturated carbocycles. The summed E-state index contributed by atoms with van der Waals surface area (Å²) in [5.41, 5.74) is 0. The van der Waals surface area contributed by atoms with Gasteiger partial charge in [0.15, 0.2) is 0 Å². The highest BCUT2D eigenvalue weighted by atomic mass is 32.1. The molecule has 1 heterocycles. The fourth-order valence-electron chi connectivity index (χ4n) is 0.541. The number of rotatable bonds is 1. The van der Waals surface area contributed by atoms with Gasteiger partial charge in [0.1, 0.15) is 5.82 Å². The summed E-state index contributed by atoms with van der Waals surface area (Å²) in [6.45, 7) is 0. The first-order chi connectivity index (χ1) is 4.79. The maximum atomic E-state index is 4.64. The molecule has 5 heteroatoms. The maximum Gasteiger partial charge on any atom is 0.128 e. The number of thiocarbonyl (C=S) groups is 1. The van der Waals surface area contributed by atoms with E-state index in [9.17, 15) is 0 Å². The highest BCUT2D eigenvalue weighted by Crippen LogP contribution is 1.98. The van der Waals surface area contributed by atoms with Gasteiger partial charge in [-0.3, -0.25) is 0 Å². The average Bonchev–Trinajstić information content (AvgIpc) is 1.88. The van der Waals surface area contributed by atoms with Crippen LogP contribution in [0.2, 0.25) is 0 Å². The monoisotopic (exact) mass is 187 g/mol. The lowest BCUT2D eigenvalue weighted by Crippen LogP contribution is -2.05. The molecule has 0 fully saturated rings. The Morgan fingerprint density at radius 3 is 2.73 bits per heavy atom. The second kappa shape index (κ2) is 4.95. The summed E-state index contributed by atoms with van der Waals surface area (Å²) in [5.74, 6) is 0.697. The van der Waals surface area contributed by atoms with Gasteiger partial charge in [-0.2, -0.15) is 0 Å². The van der Waals surface area contributed by atoms with Crippen molar-refractivity contribution >= 4 is 35.0 Å². The van der Waals surface area contributed by atoms with Crippen molar-refractivity contribution in [3.63, 3.8) is 0 Å². The second-order valence-corrected chi connectivity index (χ2v) is 2.70. The van der Waals surface area contributed by atoms with Crippen LogP contribution in [0.25, 0.3) is 0 Å². The molecule has 1 aromatic heterocycles. The molecule has 3 nitrogen and oxygen atoms in total. The molecule has 0 atom stereocenters. The molecule has 11 heavy (non-hydrogen) atoms. The van der Waals surface area contributed by atoms with Gasteiger partial charge in [0, 0.05) is 6.20 Å². The lowest BCUT2D eigenvalue weighted by Gasteiger charge is -2.06. The normalized spacial score (nSPS) is 8.00. The zero-order chi connectivity index (χ0) is 7.40. The molecule has 0 amide bonds. The molecule has 5 N–H and O–H groups in total. The molecular formula is C6H9N3S2. The van der Waals surface area contributed by atoms with Gasteiger partial charge in [-0.05, 0) is 12.1 Å². The number of quaternary nitrogens is 1. The van der Waals surface area contributed by atoms with Crippen molar-refractivity contribution in [3.05, 3.63) is 24.4 Å². The third kappa shape index (κ3) is 3.82. The number of hydrogen-bond donors (Lipinski definition) is 2. The zero-order valence-electron chi connectivity index (χ0n) is 6.07. The molecule has 60 valence electrons. The zero-order valence-corrected chi connectivity index (χ0v) is 7.71. The third-order valence-corrected chi connectivity index (χ3v) is 1.10. The van der Waals surface area contributed by atoms with Gasteiger partial charge in [0.25, 0.3) is 0 Å². The minimum absolute atomic E-state index is 0. The Morgan fingerprint density at radius 1 is 1.55 bits per heavy atom. The predicted molar refractivity (Wildman–Crippen MR) is 53.8 cm³/mol. The molecule has 0 spiro atoms. The molecule has 1 rings (SSSR count). The Morgan fingerprint density at radius 2 is 2.27 bits per heavy atom. The molecule has 0 radical (unpaired) electrons. The summed E-state index contributed by atoms with van der Waals surface area (Å²) < 4.78 is 0.318. The fraction of sp³-hybridized carbons (Fsp3) is 0. The van der Waals surface area contributed by atoms with E-state index in [1.165, 1.54) is 0 Å². The average molecular weight is 187 g/mol. The van der Waals surface area contributed by atoms with Gasteiger partial charge in [-0.15, -0.1) is 0 Å². The number of aromatic nitrogens is 1. The number of nitrogens with zero attached hydrogens (tertiary/aromatic N) is 1. The van der Waals surface area contributed by atoms with Crippen molar-refractivity contribution in [3.8, 4) is 0 Å². The smallest absolute Gasteiger partial charge is 0.128 e. The van der Waals surface area contributed by atoms with Gasteiger partial charge < -0.3 is 36.3 Å². The first-order valence-electron chi connectivity index (χ1n) is 2.68. The SMILES string of the molecule is S=C([S-])Nc1ccccn1.[NH4+]. The van der Waals surface area contributed by atoms with E-state index in [4.69, 9.17) is 0 Å². The van der Waals surface area contributed by atoms with E-state index in [-0.39, 0.29) is 6.15 Å². The van der Waals surface area contributed by atoms with Crippen LogP contribution in [-0.2, 0) is 12.6 Å². The Bertz CT molecular complexity index is 225. The number of nitrogens with one attached hydrogen (secondary N) is 1. The Labute approximate surface area is 76.2 Å². The third-order valence-electron chi connectivity index (χ3n) is 0.895. The van der Waals surface area contributed by atoms with Crippen molar-refractivity contribution in [1.82, 2.24) is 11.1 Å². The van der Waals surface area contributed by atoms with Gasteiger partial charge >= 0.3 is 0 Å². The first kappa shape index (κ1) is 10.2. The van der Waals surface area contributed by atoms with E-state index in [0.717, 1.165) is 0 Å². The first-order valence-corrected chi connectivity index (χ1v) is 3.50. The van der Waals surface area contributed by atoms with Gasteiger partial charge in [-0.25, -0.2) is 4.98 Å². The summed E-state index contributed by atoms with van der Waals surface area (Å²) in [6, 6.07) is 5.50. The van der Waals surface area contributed by atoms with Crippen LogP contribution in [0.3, 0.4) is 0 Å². The van der Waals surface area contributed by atoms with Crippen LogP contribution in [0.5, 0.6) is 0 Å². The topological polar surface area (TPSA) is 61.4 Å². The molecular weight excluding hydrogens is 178 g/mol. The predicted octanol–water partition coefficient (Wildman–Crippen LogP) is 1.70. The number of pyridine rings is 1. The largest absolute Gasteiger partial charge is 0.411 e. The van der Waals surface area contributed by atoms with E-state index in [0.29, 0.717) is 10.1 Å². The van der Waals surface area contributed by atoms with Crippen molar-refractivity contribution in [1.29, 1.82) is 0 Å². The van der Waals surface area contributed by atoms with Crippen LogP contribution >= 0.6 is 12.2 Å². The number of anilines is 1. The highest BCUT2D eigenvalue weighted by Gasteiger charge is 1.84. The van der Waals surface area contributed by atoms with Crippen LogP contribution in [0, 0.1) is 0 Å². The minimum Gasteiger partial charge on any atom is -0.411 e. The maximum absolute atomic E-state index is 4.64. The van der Waals surface area contributed by atoms with Crippen molar-refractivity contribution in [2.75, 3.05) is 5.32 Å². The summed E-state index contributed by atoms with van der Waals surface area (Å²) in [5, 5.41) is 2.74. The minimum atomic E-state index is 0. The van der Waals surface area contributed by atoms with Crippen LogP contribution in [0.15, 0.2) is 24.4 Å². The lowest BCUT2D eigenvalue weighted by molar-refractivity contribution is 1.33. The Balaban J connectivity index is 0.000001000. The van der Waals surface area contributed by atoms with Crippen LogP contribution in [0.1, 0.15) is 0 Å². The van der Waals surface area contributed by atoms with E-state index in [1.54, 1.807) is 12.3 Å². The van der Waals surface area contributed by atoms with Gasteiger partial charge in [0.2, 0.25) is 0 Å². The molecule has 0 unspecified atom stereocenters. The summed E-state index contributed by atoms with van der Waals surface area (Å²) in [4.78, 5) is 3.95. The summed E-state index contributed by atoms with van der Waals surface area (Å²) in [6.07, 6.45) is 1.68. The van der Waals surface area contributed by atoms with Crippen LogP contribution in [0.4, 0.5) is 5.82 Å². The molecule has 0 bridgehead atoms. The van der Waals surface area contributed by atoms with Crippen LogP contribution in [-0.4, -0.2) is 9.30 Å². The molecule has 0 aliphatic carbocycles. The summed E-state index contributed by atoms with van der Waals surface area (Å²) >= 11 is 9.28. The van der Waals surface area contributed by atoms with Crippen LogP contribution < -0.4 is 11.5 Å². The Hall–Kier alpha value is -0.780. The van der Waals surface area contributed by atoms with Crippen molar-refractivity contribution in [2.24, 2.45) is 0 Å². The van der Waals surface area contributed by atoms with Gasteiger partial charge in [-0.1, -0.05) is 10.4 Å².